The van der Waals surface area contributed by atoms with Crippen molar-refractivity contribution in [3.63, 3.8) is 0 Å². The lowest BCUT2D eigenvalue weighted by Crippen LogP contribution is -2.45. The first kappa shape index (κ1) is 16.9. The van der Waals surface area contributed by atoms with Crippen LogP contribution in [0.15, 0.2) is 34.1 Å². The number of benzene rings is 1. The highest BCUT2D eigenvalue weighted by atomic mass is 32.2. The second-order valence-electron chi connectivity index (χ2n) is 5.18. The SMILES string of the molecule is CS(=O)(=O)c1ccccc1S(=O)(=O)NC1CCCCNC1=O. The van der Waals surface area contributed by atoms with Gasteiger partial charge in [-0.2, -0.15) is 4.72 Å². The molecule has 1 heterocycles. The van der Waals surface area contributed by atoms with E-state index in [1.54, 1.807) is 0 Å². The van der Waals surface area contributed by atoms with E-state index in [9.17, 15) is 21.6 Å². The molecule has 9 heteroatoms. The summed E-state index contributed by atoms with van der Waals surface area (Å²) in [5.41, 5.74) is 0. The van der Waals surface area contributed by atoms with Crippen LogP contribution >= 0.6 is 0 Å². The Bertz CT molecular complexity index is 771. The Morgan fingerprint density at radius 2 is 1.73 bits per heavy atom. The van der Waals surface area contributed by atoms with Crippen LogP contribution in [-0.4, -0.2) is 41.6 Å². The van der Waals surface area contributed by atoms with Gasteiger partial charge < -0.3 is 5.32 Å². The second-order valence-corrected chi connectivity index (χ2v) is 8.85. The predicted molar refractivity (Wildman–Crippen MR) is 80.5 cm³/mol. The summed E-state index contributed by atoms with van der Waals surface area (Å²) >= 11 is 0. The van der Waals surface area contributed by atoms with Gasteiger partial charge in [0.25, 0.3) is 0 Å². The highest BCUT2D eigenvalue weighted by Gasteiger charge is 2.29. The number of carbonyl (C=O) groups is 1. The number of sulfone groups is 1. The zero-order valence-corrected chi connectivity index (χ0v) is 13.7. The van der Waals surface area contributed by atoms with Gasteiger partial charge in [-0.15, -0.1) is 0 Å². The molecule has 1 aliphatic rings. The van der Waals surface area contributed by atoms with Crippen molar-refractivity contribution in [1.82, 2.24) is 10.0 Å². The van der Waals surface area contributed by atoms with Crippen molar-refractivity contribution in [3.8, 4) is 0 Å². The Kier molecular flexibility index (Phi) is 4.88. The summed E-state index contributed by atoms with van der Waals surface area (Å²) in [7, 11) is -7.81. The second kappa shape index (κ2) is 6.35. The summed E-state index contributed by atoms with van der Waals surface area (Å²) in [6.45, 7) is 0.511. The van der Waals surface area contributed by atoms with E-state index in [1.165, 1.54) is 24.3 Å². The third-order valence-corrected chi connectivity index (χ3v) is 6.18. The summed E-state index contributed by atoms with van der Waals surface area (Å²) in [6.07, 6.45) is 2.81. The van der Waals surface area contributed by atoms with E-state index in [0.29, 0.717) is 19.4 Å². The Morgan fingerprint density at radius 3 is 2.36 bits per heavy atom. The number of carbonyl (C=O) groups excluding carboxylic acids is 1. The third-order valence-electron chi connectivity index (χ3n) is 3.37. The Hall–Kier alpha value is -1.45. The van der Waals surface area contributed by atoms with E-state index < -0.39 is 31.8 Å². The fraction of sp³-hybridized carbons (Fsp3) is 0.462. The average molecular weight is 346 g/mol. The van der Waals surface area contributed by atoms with Crippen LogP contribution in [0.25, 0.3) is 0 Å². The summed E-state index contributed by atoms with van der Waals surface area (Å²) in [6, 6.07) is 4.45. The molecule has 2 N–H and O–H groups in total. The van der Waals surface area contributed by atoms with E-state index >= 15 is 0 Å². The first-order chi connectivity index (χ1) is 10.2. The van der Waals surface area contributed by atoms with Crippen molar-refractivity contribution in [3.05, 3.63) is 24.3 Å². The lowest BCUT2D eigenvalue weighted by atomic mass is 10.1. The molecule has 2 rings (SSSR count). The molecule has 1 atom stereocenters. The average Bonchev–Trinajstić information content (AvgIpc) is 2.63. The van der Waals surface area contributed by atoms with Crippen molar-refractivity contribution in [1.29, 1.82) is 0 Å². The first-order valence-electron chi connectivity index (χ1n) is 6.81. The van der Waals surface area contributed by atoms with Crippen LogP contribution < -0.4 is 10.0 Å². The molecule has 22 heavy (non-hydrogen) atoms. The molecule has 0 aromatic heterocycles. The highest BCUT2D eigenvalue weighted by molar-refractivity contribution is 7.93. The number of rotatable bonds is 4. The van der Waals surface area contributed by atoms with Crippen molar-refractivity contribution < 1.29 is 21.6 Å². The van der Waals surface area contributed by atoms with Crippen LogP contribution in [0, 0.1) is 0 Å². The summed E-state index contributed by atoms with van der Waals surface area (Å²) in [5.74, 6) is -0.391. The Morgan fingerprint density at radius 1 is 1.09 bits per heavy atom. The van der Waals surface area contributed by atoms with E-state index in [-0.39, 0.29) is 9.79 Å². The fourth-order valence-corrected chi connectivity index (χ4v) is 5.14. The lowest BCUT2D eigenvalue weighted by molar-refractivity contribution is -0.122. The maximum absolute atomic E-state index is 12.5. The largest absolute Gasteiger partial charge is 0.355 e. The van der Waals surface area contributed by atoms with Gasteiger partial charge in [-0.05, 0) is 31.4 Å². The monoisotopic (exact) mass is 346 g/mol. The van der Waals surface area contributed by atoms with Crippen LogP contribution in [-0.2, 0) is 24.7 Å². The van der Waals surface area contributed by atoms with Gasteiger partial charge in [0.1, 0.15) is 10.9 Å². The minimum Gasteiger partial charge on any atom is -0.355 e. The molecule has 1 aromatic carbocycles. The third kappa shape index (κ3) is 3.84. The maximum Gasteiger partial charge on any atom is 0.242 e. The molecule has 0 spiro atoms. The molecule has 1 fully saturated rings. The van der Waals surface area contributed by atoms with Crippen molar-refractivity contribution in [2.45, 2.75) is 35.1 Å². The van der Waals surface area contributed by atoms with E-state index in [1.807, 2.05) is 0 Å². The molecule has 0 bridgehead atoms. The quantitative estimate of drug-likeness (QED) is 0.800. The van der Waals surface area contributed by atoms with Gasteiger partial charge in [-0.25, -0.2) is 16.8 Å². The number of hydrogen-bond acceptors (Lipinski definition) is 5. The van der Waals surface area contributed by atoms with Crippen LogP contribution in [0.5, 0.6) is 0 Å². The summed E-state index contributed by atoms with van der Waals surface area (Å²) < 4.78 is 50.7. The van der Waals surface area contributed by atoms with Crippen LogP contribution in [0.1, 0.15) is 19.3 Å². The lowest BCUT2D eigenvalue weighted by Gasteiger charge is -2.16. The number of sulfonamides is 1. The van der Waals surface area contributed by atoms with Crippen molar-refractivity contribution in [2.24, 2.45) is 0 Å². The highest BCUT2D eigenvalue weighted by Crippen LogP contribution is 2.21. The summed E-state index contributed by atoms with van der Waals surface area (Å²) in [4.78, 5) is 11.2. The molecule has 7 nitrogen and oxygen atoms in total. The van der Waals surface area contributed by atoms with Gasteiger partial charge in [-0.3, -0.25) is 4.79 Å². The standard InChI is InChI=1S/C13H18N2O5S2/c1-21(17,18)11-7-2-3-8-12(11)22(19,20)15-10-6-4-5-9-14-13(10)16/h2-3,7-8,10,15H,4-6,9H2,1H3,(H,14,16). The zero-order chi connectivity index (χ0) is 16.4. The van der Waals surface area contributed by atoms with Crippen molar-refractivity contribution >= 4 is 25.8 Å². The van der Waals surface area contributed by atoms with Crippen LogP contribution in [0.2, 0.25) is 0 Å². The fourth-order valence-electron chi connectivity index (χ4n) is 2.28. The molecule has 1 unspecified atom stereocenters. The topological polar surface area (TPSA) is 109 Å². The number of amides is 1. The number of hydrogen-bond donors (Lipinski definition) is 2. The molecule has 1 saturated heterocycles. The summed E-state index contributed by atoms with van der Waals surface area (Å²) in [5, 5.41) is 2.63. The Balaban J connectivity index is 2.37. The Labute approximate surface area is 130 Å². The van der Waals surface area contributed by atoms with E-state index in [4.69, 9.17) is 0 Å². The molecular weight excluding hydrogens is 328 g/mol. The van der Waals surface area contributed by atoms with Crippen molar-refractivity contribution in [2.75, 3.05) is 12.8 Å². The van der Waals surface area contributed by atoms with Gasteiger partial charge in [0.15, 0.2) is 9.84 Å². The van der Waals surface area contributed by atoms with E-state index in [2.05, 4.69) is 10.0 Å². The van der Waals surface area contributed by atoms with Crippen LogP contribution in [0.3, 0.4) is 0 Å². The molecule has 0 aliphatic carbocycles. The maximum atomic E-state index is 12.5. The van der Waals surface area contributed by atoms with Gasteiger partial charge in [-0.1, -0.05) is 12.1 Å². The van der Waals surface area contributed by atoms with Gasteiger partial charge in [0.2, 0.25) is 15.9 Å². The molecule has 0 radical (unpaired) electrons. The first-order valence-corrected chi connectivity index (χ1v) is 10.2. The molecule has 1 aromatic rings. The van der Waals surface area contributed by atoms with Gasteiger partial charge in [0, 0.05) is 12.8 Å². The number of nitrogens with one attached hydrogen (secondary N) is 2. The molecule has 1 amide bonds. The normalized spacial score (nSPS) is 20.2. The molecule has 1 aliphatic heterocycles. The predicted octanol–water partition coefficient (Wildman–Crippen LogP) is 0.0371. The molecule has 0 saturated carbocycles. The molecular formula is C13H18N2O5S2. The minimum atomic E-state index is -4.11. The van der Waals surface area contributed by atoms with Gasteiger partial charge in [0.05, 0.1) is 4.90 Å². The van der Waals surface area contributed by atoms with E-state index in [0.717, 1.165) is 12.7 Å². The van der Waals surface area contributed by atoms with Gasteiger partial charge >= 0.3 is 0 Å². The minimum absolute atomic E-state index is 0.281. The smallest absolute Gasteiger partial charge is 0.242 e. The zero-order valence-electron chi connectivity index (χ0n) is 12.1. The van der Waals surface area contributed by atoms with Crippen LogP contribution in [0.4, 0.5) is 0 Å². The molecule has 122 valence electrons.